The minimum Gasteiger partial charge on any atom is -0.245 e. The third-order valence-electron chi connectivity index (χ3n) is 3.91. The molecule has 102 valence electrons. The van der Waals surface area contributed by atoms with Gasteiger partial charge in [-0.1, -0.05) is 64.5 Å². The zero-order valence-corrected chi connectivity index (χ0v) is 12.8. The van der Waals surface area contributed by atoms with Crippen LogP contribution in [-0.2, 0) is 6.42 Å². The fourth-order valence-electron chi connectivity index (χ4n) is 2.41. The van der Waals surface area contributed by atoms with Crippen LogP contribution in [0.1, 0.15) is 64.9 Å². The van der Waals surface area contributed by atoms with Crippen LogP contribution < -0.4 is 0 Å². The molecular weight excluding hydrogens is 242 g/mol. The first kappa shape index (κ1) is 15.5. The minimum atomic E-state index is 0.401. The summed E-state index contributed by atoms with van der Waals surface area (Å²) in [6.07, 6.45) is 10.8. The molecule has 1 rings (SSSR count). The fraction of sp³-hybridized carbons (Fsp3) is 0.688. The van der Waals surface area contributed by atoms with Gasteiger partial charge in [-0.25, -0.2) is 4.98 Å². The summed E-state index contributed by atoms with van der Waals surface area (Å²) in [5, 5.41) is 0.608. The molecule has 1 heterocycles. The second-order valence-corrected chi connectivity index (χ2v) is 6.03. The molecule has 1 unspecified atom stereocenters. The van der Waals surface area contributed by atoms with Gasteiger partial charge in [0.15, 0.2) is 0 Å². The van der Waals surface area contributed by atoms with Gasteiger partial charge in [0.1, 0.15) is 5.15 Å². The zero-order chi connectivity index (χ0) is 13.4. The standard InChI is InChI=1S/C16H26ClN/c1-4-6-7-8-10-16(3,5-2)13-14-9-11-18-15(17)12-14/h9,11-12H,4-8,10,13H2,1-3H3. The van der Waals surface area contributed by atoms with Crippen molar-refractivity contribution in [1.29, 1.82) is 0 Å². The summed E-state index contributed by atoms with van der Waals surface area (Å²) < 4.78 is 0. The topological polar surface area (TPSA) is 12.9 Å². The molecule has 1 aromatic heterocycles. The van der Waals surface area contributed by atoms with Gasteiger partial charge in [0.2, 0.25) is 0 Å². The van der Waals surface area contributed by atoms with Crippen LogP contribution in [0.25, 0.3) is 0 Å². The Kier molecular flexibility index (Phi) is 6.70. The van der Waals surface area contributed by atoms with Crippen molar-refractivity contribution in [1.82, 2.24) is 4.98 Å². The predicted molar refractivity (Wildman–Crippen MR) is 80.1 cm³/mol. The van der Waals surface area contributed by atoms with Gasteiger partial charge in [0.25, 0.3) is 0 Å². The van der Waals surface area contributed by atoms with E-state index in [2.05, 4.69) is 31.8 Å². The van der Waals surface area contributed by atoms with E-state index in [1.165, 1.54) is 44.1 Å². The zero-order valence-electron chi connectivity index (χ0n) is 12.0. The Morgan fingerprint density at radius 2 is 2.00 bits per heavy atom. The van der Waals surface area contributed by atoms with E-state index < -0.39 is 0 Å². The summed E-state index contributed by atoms with van der Waals surface area (Å²) in [7, 11) is 0. The molecule has 0 bridgehead atoms. The number of aromatic nitrogens is 1. The van der Waals surface area contributed by atoms with E-state index in [-0.39, 0.29) is 0 Å². The molecule has 0 amide bonds. The van der Waals surface area contributed by atoms with Crippen molar-refractivity contribution in [2.45, 2.75) is 65.7 Å². The molecule has 0 aliphatic carbocycles. The van der Waals surface area contributed by atoms with Crippen molar-refractivity contribution in [3.05, 3.63) is 29.0 Å². The van der Waals surface area contributed by atoms with Crippen molar-refractivity contribution in [2.24, 2.45) is 5.41 Å². The van der Waals surface area contributed by atoms with Crippen LogP contribution in [-0.4, -0.2) is 4.98 Å². The van der Waals surface area contributed by atoms with Gasteiger partial charge in [0, 0.05) is 6.20 Å². The molecule has 2 heteroatoms. The third kappa shape index (κ3) is 5.39. The van der Waals surface area contributed by atoms with E-state index >= 15 is 0 Å². The van der Waals surface area contributed by atoms with Gasteiger partial charge in [-0.05, 0) is 36.0 Å². The molecule has 1 nitrogen and oxygen atoms in total. The molecule has 0 spiro atoms. The predicted octanol–water partition coefficient (Wildman–Crippen LogP) is 5.66. The van der Waals surface area contributed by atoms with Crippen LogP contribution in [0.5, 0.6) is 0 Å². The number of hydrogen-bond acceptors (Lipinski definition) is 1. The lowest BCUT2D eigenvalue weighted by Crippen LogP contribution is -2.18. The first-order valence-electron chi connectivity index (χ1n) is 7.20. The Labute approximate surface area is 117 Å². The number of pyridine rings is 1. The van der Waals surface area contributed by atoms with Crippen LogP contribution in [0, 0.1) is 5.41 Å². The number of rotatable bonds is 8. The molecule has 0 aliphatic heterocycles. The van der Waals surface area contributed by atoms with Crippen molar-refractivity contribution < 1.29 is 0 Å². The average Bonchev–Trinajstić information content (AvgIpc) is 2.35. The Morgan fingerprint density at radius 3 is 2.61 bits per heavy atom. The van der Waals surface area contributed by atoms with Crippen molar-refractivity contribution in [3.63, 3.8) is 0 Å². The number of unbranched alkanes of at least 4 members (excludes halogenated alkanes) is 3. The van der Waals surface area contributed by atoms with Gasteiger partial charge in [-0.2, -0.15) is 0 Å². The first-order valence-corrected chi connectivity index (χ1v) is 7.58. The smallest absolute Gasteiger partial charge is 0.129 e. The molecule has 1 atom stereocenters. The maximum absolute atomic E-state index is 5.95. The normalized spacial score (nSPS) is 14.4. The number of nitrogens with zero attached hydrogens (tertiary/aromatic N) is 1. The third-order valence-corrected chi connectivity index (χ3v) is 4.12. The summed E-state index contributed by atoms with van der Waals surface area (Å²) in [6, 6.07) is 4.09. The van der Waals surface area contributed by atoms with E-state index in [9.17, 15) is 0 Å². The molecule has 0 aliphatic rings. The van der Waals surface area contributed by atoms with Crippen LogP contribution in [0.2, 0.25) is 5.15 Å². The molecule has 0 radical (unpaired) electrons. The lowest BCUT2D eigenvalue weighted by molar-refractivity contribution is 0.270. The second kappa shape index (κ2) is 7.78. The minimum absolute atomic E-state index is 0.401. The Bertz CT molecular complexity index is 351. The van der Waals surface area contributed by atoms with E-state index in [1.54, 1.807) is 0 Å². The second-order valence-electron chi connectivity index (χ2n) is 5.64. The van der Waals surface area contributed by atoms with Crippen LogP contribution in [0.3, 0.4) is 0 Å². The average molecular weight is 268 g/mol. The molecule has 0 N–H and O–H groups in total. The Morgan fingerprint density at radius 1 is 1.22 bits per heavy atom. The Balaban J connectivity index is 2.53. The van der Waals surface area contributed by atoms with Gasteiger partial charge in [-0.15, -0.1) is 0 Å². The lowest BCUT2D eigenvalue weighted by atomic mass is 9.77. The van der Waals surface area contributed by atoms with Gasteiger partial charge < -0.3 is 0 Å². The van der Waals surface area contributed by atoms with Crippen molar-refractivity contribution in [2.75, 3.05) is 0 Å². The molecule has 1 aromatic rings. The summed E-state index contributed by atoms with van der Waals surface area (Å²) >= 11 is 5.95. The Hall–Kier alpha value is -0.560. The maximum Gasteiger partial charge on any atom is 0.129 e. The molecule has 0 saturated heterocycles. The van der Waals surface area contributed by atoms with Crippen molar-refractivity contribution in [3.8, 4) is 0 Å². The lowest BCUT2D eigenvalue weighted by Gasteiger charge is -2.28. The molecule has 0 saturated carbocycles. The summed E-state index contributed by atoms with van der Waals surface area (Å²) in [5.74, 6) is 0. The largest absolute Gasteiger partial charge is 0.245 e. The molecule has 18 heavy (non-hydrogen) atoms. The quantitative estimate of drug-likeness (QED) is 0.437. The number of hydrogen-bond donors (Lipinski definition) is 0. The van der Waals surface area contributed by atoms with Gasteiger partial charge in [-0.3, -0.25) is 0 Å². The van der Waals surface area contributed by atoms with E-state index in [1.807, 2.05) is 12.3 Å². The van der Waals surface area contributed by atoms with Crippen LogP contribution in [0.4, 0.5) is 0 Å². The highest BCUT2D eigenvalue weighted by atomic mass is 35.5. The molecular formula is C16H26ClN. The monoisotopic (exact) mass is 267 g/mol. The van der Waals surface area contributed by atoms with E-state index in [4.69, 9.17) is 11.6 Å². The van der Waals surface area contributed by atoms with Crippen molar-refractivity contribution >= 4 is 11.6 Å². The summed E-state index contributed by atoms with van der Waals surface area (Å²) in [4.78, 5) is 4.05. The summed E-state index contributed by atoms with van der Waals surface area (Å²) in [5.41, 5.74) is 1.72. The highest BCUT2D eigenvalue weighted by Crippen LogP contribution is 2.33. The maximum atomic E-state index is 5.95. The van der Waals surface area contributed by atoms with Gasteiger partial charge in [0.05, 0.1) is 0 Å². The van der Waals surface area contributed by atoms with Crippen LogP contribution >= 0.6 is 11.6 Å². The summed E-state index contributed by atoms with van der Waals surface area (Å²) in [6.45, 7) is 6.95. The molecule has 0 aromatic carbocycles. The SMILES string of the molecule is CCCCCCC(C)(CC)Cc1ccnc(Cl)c1. The molecule has 0 fully saturated rings. The fourth-order valence-corrected chi connectivity index (χ4v) is 2.61. The van der Waals surface area contributed by atoms with Crippen LogP contribution in [0.15, 0.2) is 18.3 Å². The van der Waals surface area contributed by atoms with E-state index in [0.717, 1.165) is 6.42 Å². The first-order chi connectivity index (χ1) is 8.59. The van der Waals surface area contributed by atoms with Gasteiger partial charge >= 0.3 is 0 Å². The highest BCUT2D eigenvalue weighted by molar-refractivity contribution is 6.29. The number of halogens is 1. The van der Waals surface area contributed by atoms with E-state index in [0.29, 0.717) is 10.6 Å². The highest BCUT2D eigenvalue weighted by Gasteiger charge is 2.22.